The minimum absolute atomic E-state index is 0.113. The molecule has 7 nitrogen and oxygen atoms in total. The maximum Gasteiger partial charge on any atom is 0.278 e. The van der Waals surface area contributed by atoms with E-state index in [1.54, 1.807) is 24.3 Å². The molecule has 0 spiro atoms. The number of benzene rings is 1. The Morgan fingerprint density at radius 2 is 2.05 bits per heavy atom. The number of halogens is 1. The quantitative estimate of drug-likeness (QED) is 0.499. The summed E-state index contributed by atoms with van der Waals surface area (Å²) in [5.74, 6) is 5.48. The third-order valence-corrected chi connectivity index (χ3v) is 2.70. The van der Waals surface area contributed by atoms with Crippen LogP contribution in [0.4, 0.5) is 11.5 Å². The van der Waals surface area contributed by atoms with Crippen LogP contribution in [-0.4, -0.2) is 9.91 Å². The van der Waals surface area contributed by atoms with E-state index in [4.69, 9.17) is 22.2 Å². The van der Waals surface area contributed by atoms with Gasteiger partial charge in [0.2, 0.25) is 5.88 Å². The van der Waals surface area contributed by atoms with Gasteiger partial charge in [-0.1, -0.05) is 23.7 Å². The van der Waals surface area contributed by atoms with Crippen molar-refractivity contribution in [3.63, 3.8) is 0 Å². The third-order valence-electron chi connectivity index (χ3n) is 2.45. The summed E-state index contributed by atoms with van der Waals surface area (Å²) in [4.78, 5) is 14.2. The zero-order chi connectivity index (χ0) is 14.5. The lowest BCUT2D eigenvalue weighted by molar-refractivity contribution is -0.384. The van der Waals surface area contributed by atoms with Gasteiger partial charge in [0, 0.05) is 5.02 Å². The lowest BCUT2D eigenvalue weighted by Crippen LogP contribution is -2.10. The summed E-state index contributed by atoms with van der Waals surface area (Å²) in [5, 5.41) is 11.4. The first-order valence-electron chi connectivity index (χ1n) is 5.59. The maximum absolute atomic E-state index is 10.8. The molecule has 1 aromatic carbocycles. The average molecular weight is 295 g/mol. The highest BCUT2D eigenvalue weighted by molar-refractivity contribution is 6.30. The van der Waals surface area contributed by atoms with Gasteiger partial charge < -0.3 is 10.2 Å². The van der Waals surface area contributed by atoms with E-state index < -0.39 is 4.92 Å². The highest BCUT2D eigenvalue weighted by atomic mass is 35.5. The van der Waals surface area contributed by atoms with E-state index in [1.807, 2.05) is 0 Å². The van der Waals surface area contributed by atoms with E-state index in [9.17, 15) is 10.1 Å². The molecule has 8 heteroatoms. The summed E-state index contributed by atoms with van der Waals surface area (Å²) in [5.41, 5.74) is 2.97. The summed E-state index contributed by atoms with van der Waals surface area (Å²) in [6, 6.07) is 9.50. The Morgan fingerprint density at radius 1 is 1.35 bits per heavy atom. The molecular formula is C12H11ClN4O3. The Bertz CT molecular complexity index is 619. The van der Waals surface area contributed by atoms with Crippen molar-refractivity contribution in [2.75, 3.05) is 5.43 Å². The molecule has 3 N–H and O–H groups in total. The SMILES string of the molecule is NNc1cc([N+](=O)[O-])cc(OCc2ccc(Cl)cc2)n1. The van der Waals surface area contributed by atoms with Crippen LogP contribution in [0.5, 0.6) is 5.88 Å². The number of hydrogen-bond acceptors (Lipinski definition) is 6. The fraction of sp³-hybridized carbons (Fsp3) is 0.0833. The van der Waals surface area contributed by atoms with Crippen LogP contribution < -0.4 is 16.0 Å². The van der Waals surface area contributed by atoms with Crippen LogP contribution in [0.2, 0.25) is 5.02 Å². The minimum atomic E-state index is -0.544. The van der Waals surface area contributed by atoms with Crippen molar-refractivity contribution in [1.82, 2.24) is 4.98 Å². The van der Waals surface area contributed by atoms with Crippen molar-refractivity contribution in [3.8, 4) is 5.88 Å². The number of hydrazine groups is 1. The molecule has 0 aliphatic heterocycles. The monoisotopic (exact) mass is 294 g/mol. The predicted molar refractivity (Wildman–Crippen MR) is 74.5 cm³/mol. The fourth-order valence-electron chi connectivity index (χ4n) is 1.48. The Balaban J connectivity index is 2.14. The second-order valence-corrected chi connectivity index (χ2v) is 4.30. The van der Waals surface area contributed by atoms with E-state index in [0.717, 1.165) is 5.56 Å². The van der Waals surface area contributed by atoms with Gasteiger partial charge in [-0.3, -0.25) is 10.1 Å². The maximum atomic E-state index is 10.8. The Morgan fingerprint density at radius 3 is 2.65 bits per heavy atom. The molecule has 0 atom stereocenters. The Kier molecular flexibility index (Phi) is 4.34. The summed E-state index contributed by atoms with van der Waals surface area (Å²) in [7, 11) is 0. The summed E-state index contributed by atoms with van der Waals surface area (Å²) >= 11 is 5.77. The molecule has 1 heterocycles. The van der Waals surface area contributed by atoms with Crippen LogP contribution in [0.3, 0.4) is 0 Å². The topological polar surface area (TPSA) is 103 Å². The molecule has 0 bridgehead atoms. The zero-order valence-electron chi connectivity index (χ0n) is 10.2. The van der Waals surface area contributed by atoms with Crippen molar-refractivity contribution in [3.05, 3.63) is 57.1 Å². The smallest absolute Gasteiger partial charge is 0.278 e. The highest BCUT2D eigenvalue weighted by Gasteiger charge is 2.11. The fourth-order valence-corrected chi connectivity index (χ4v) is 1.61. The molecule has 2 rings (SSSR count). The number of hydrogen-bond donors (Lipinski definition) is 2. The van der Waals surface area contributed by atoms with Gasteiger partial charge in [-0.2, -0.15) is 4.98 Å². The normalized spacial score (nSPS) is 10.1. The summed E-state index contributed by atoms with van der Waals surface area (Å²) in [6.07, 6.45) is 0. The van der Waals surface area contributed by atoms with Crippen molar-refractivity contribution in [2.24, 2.45) is 5.84 Å². The van der Waals surface area contributed by atoms with Crippen molar-refractivity contribution in [1.29, 1.82) is 0 Å². The third kappa shape index (κ3) is 3.56. The molecule has 1 aromatic heterocycles. The first-order valence-corrected chi connectivity index (χ1v) is 5.96. The van der Waals surface area contributed by atoms with Gasteiger partial charge in [-0.05, 0) is 17.7 Å². The van der Waals surface area contributed by atoms with E-state index >= 15 is 0 Å². The van der Waals surface area contributed by atoms with Crippen LogP contribution in [0, 0.1) is 10.1 Å². The molecule has 0 saturated carbocycles. The largest absolute Gasteiger partial charge is 0.473 e. The second kappa shape index (κ2) is 6.18. The Labute approximate surface area is 119 Å². The molecule has 0 fully saturated rings. The van der Waals surface area contributed by atoms with Crippen molar-refractivity contribution >= 4 is 23.1 Å². The van der Waals surface area contributed by atoms with E-state index in [0.29, 0.717) is 5.02 Å². The van der Waals surface area contributed by atoms with Crippen LogP contribution in [0.15, 0.2) is 36.4 Å². The van der Waals surface area contributed by atoms with E-state index in [-0.39, 0.29) is 24.0 Å². The Hall–Kier alpha value is -2.38. The van der Waals surface area contributed by atoms with Crippen molar-refractivity contribution < 1.29 is 9.66 Å². The van der Waals surface area contributed by atoms with E-state index in [1.165, 1.54) is 12.1 Å². The number of nitrogens with zero attached hydrogens (tertiary/aromatic N) is 2. The standard InChI is InChI=1S/C12H11ClN4O3/c13-9-3-1-8(2-4-9)7-20-12-6-10(17(18)19)5-11(15-12)16-14/h1-6H,7,14H2,(H,15,16). The molecule has 0 unspecified atom stereocenters. The van der Waals surface area contributed by atoms with Gasteiger partial charge >= 0.3 is 0 Å². The van der Waals surface area contributed by atoms with Gasteiger partial charge in [-0.15, -0.1) is 0 Å². The van der Waals surface area contributed by atoms with Gasteiger partial charge in [0.25, 0.3) is 5.69 Å². The molecule has 20 heavy (non-hydrogen) atoms. The number of nitrogen functional groups attached to an aromatic ring is 1. The predicted octanol–water partition coefficient (Wildman–Crippen LogP) is 2.51. The number of ether oxygens (including phenoxy) is 1. The molecule has 104 valence electrons. The number of nitro groups is 1. The lowest BCUT2D eigenvalue weighted by Gasteiger charge is -2.07. The van der Waals surface area contributed by atoms with Crippen LogP contribution in [0.1, 0.15) is 5.56 Å². The summed E-state index contributed by atoms with van der Waals surface area (Å²) < 4.78 is 5.41. The van der Waals surface area contributed by atoms with Gasteiger partial charge in [0.1, 0.15) is 6.61 Å². The molecule has 0 radical (unpaired) electrons. The van der Waals surface area contributed by atoms with E-state index in [2.05, 4.69) is 10.4 Å². The zero-order valence-corrected chi connectivity index (χ0v) is 11.0. The molecule has 2 aromatic rings. The first-order chi connectivity index (χ1) is 9.58. The second-order valence-electron chi connectivity index (χ2n) is 3.87. The number of rotatable bonds is 5. The number of anilines is 1. The number of aromatic nitrogens is 1. The van der Waals surface area contributed by atoms with Crippen LogP contribution in [0.25, 0.3) is 0 Å². The number of pyridine rings is 1. The number of nitrogens with two attached hydrogens (primary N) is 1. The molecule has 0 saturated heterocycles. The number of nitrogens with one attached hydrogen (secondary N) is 1. The van der Waals surface area contributed by atoms with Crippen molar-refractivity contribution in [2.45, 2.75) is 6.61 Å². The lowest BCUT2D eigenvalue weighted by atomic mass is 10.2. The van der Waals surface area contributed by atoms with Gasteiger partial charge in [-0.25, -0.2) is 5.84 Å². The molecule has 0 aliphatic rings. The van der Waals surface area contributed by atoms with Gasteiger partial charge in [0.05, 0.1) is 17.1 Å². The average Bonchev–Trinajstić information content (AvgIpc) is 2.46. The first kappa shape index (κ1) is 14.0. The molecule has 0 aliphatic carbocycles. The van der Waals surface area contributed by atoms with Crippen LogP contribution in [-0.2, 0) is 6.61 Å². The summed E-state index contributed by atoms with van der Waals surface area (Å²) in [6.45, 7) is 0.218. The molecule has 0 amide bonds. The highest BCUT2D eigenvalue weighted by Crippen LogP contribution is 2.22. The van der Waals surface area contributed by atoms with Gasteiger partial charge in [0.15, 0.2) is 5.82 Å². The minimum Gasteiger partial charge on any atom is -0.473 e. The van der Waals surface area contributed by atoms with Crippen LogP contribution >= 0.6 is 11.6 Å². The molecular weight excluding hydrogens is 284 g/mol.